The Morgan fingerprint density at radius 2 is 1.76 bits per heavy atom. The molecular weight excluding hydrogens is 438 g/mol. The van der Waals surface area contributed by atoms with Crippen molar-refractivity contribution >= 4 is 17.7 Å². The third kappa shape index (κ3) is 4.10. The maximum absolute atomic E-state index is 13.0. The highest BCUT2D eigenvalue weighted by Crippen LogP contribution is 2.62. The van der Waals surface area contributed by atoms with E-state index in [-0.39, 0.29) is 18.4 Å². The van der Waals surface area contributed by atoms with Gasteiger partial charge in [0.2, 0.25) is 0 Å². The molecule has 1 aliphatic carbocycles. The molecule has 1 aromatic heterocycles. The molecule has 1 aliphatic rings. The molecule has 0 aliphatic heterocycles. The Balaban J connectivity index is 2.25. The molecule has 29 heavy (non-hydrogen) atoms. The first kappa shape index (κ1) is 21.9. The quantitative estimate of drug-likeness (QED) is 0.605. The van der Waals surface area contributed by atoms with E-state index in [0.717, 1.165) is 29.4 Å². The predicted octanol–water partition coefficient (Wildman–Crippen LogP) is 1.88. The van der Waals surface area contributed by atoms with Gasteiger partial charge in [0.05, 0.1) is 12.1 Å². The first-order valence-corrected chi connectivity index (χ1v) is 11.6. The highest BCUT2D eigenvalue weighted by atomic mass is 32.2. The van der Waals surface area contributed by atoms with Crippen molar-refractivity contribution < 1.29 is 40.5 Å². The molecule has 0 amide bonds. The van der Waals surface area contributed by atoms with Crippen LogP contribution < -0.4 is 0 Å². The number of rotatable bonds is 7. The minimum absolute atomic E-state index is 0.00154. The van der Waals surface area contributed by atoms with Crippen LogP contribution in [0.15, 0.2) is 36.9 Å². The number of phosphoric ester groups is 1. The van der Waals surface area contributed by atoms with E-state index in [2.05, 4.69) is 10.1 Å². The molecule has 160 valence electrons. The highest BCUT2D eigenvalue weighted by Gasteiger charge is 2.69. The molecular formula is C15H17F3N3O6PS. The normalized spacial score (nSPS) is 19.0. The van der Waals surface area contributed by atoms with Crippen LogP contribution in [0, 0.1) is 0 Å². The lowest BCUT2D eigenvalue weighted by molar-refractivity contribution is -0.137. The van der Waals surface area contributed by atoms with E-state index < -0.39 is 46.3 Å². The summed E-state index contributed by atoms with van der Waals surface area (Å²) in [6.45, 7) is -0.490. The van der Waals surface area contributed by atoms with Crippen molar-refractivity contribution in [2.45, 2.75) is 35.9 Å². The van der Waals surface area contributed by atoms with Crippen molar-refractivity contribution in [3.05, 3.63) is 48.0 Å². The van der Waals surface area contributed by atoms with E-state index in [0.29, 0.717) is 12.1 Å². The van der Waals surface area contributed by atoms with Crippen LogP contribution >= 0.6 is 7.82 Å². The summed E-state index contributed by atoms with van der Waals surface area (Å²) >= 11 is 0. The molecule has 0 bridgehead atoms. The first-order valence-electron chi connectivity index (χ1n) is 8.16. The van der Waals surface area contributed by atoms with Crippen molar-refractivity contribution in [3.8, 4) is 0 Å². The van der Waals surface area contributed by atoms with Gasteiger partial charge in [0.1, 0.15) is 23.0 Å². The van der Waals surface area contributed by atoms with Gasteiger partial charge in [0.15, 0.2) is 9.84 Å². The SMILES string of the molecule is CS(=O)(=O)C1(C(Cn2cncn2)(OP(=O)(O)O)c2ccc(C(F)(F)F)cc2)CC1. The van der Waals surface area contributed by atoms with E-state index in [1.165, 1.54) is 6.33 Å². The molecule has 2 aromatic rings. The molecule has 9 nitrogen and oxygen atoms in total. The Labute approximate surface area is 163 Å². The fourth-order valence-electron chi connectivity index (χ4n) is 3.52. The maximum Gasteiger partial charge on any atom is 0.470 e. The summed E-state index contributed by atoms with van der Waals surface area (Å²) in [5.41, 5.74) is -3.33. The predicted molar refractivity (Wildman–Crippen MR) is 93.1 cm³/mol. The van der Waals surface area contributed by atoms with Crippen LogP contribution in [0.4, 0.5) is 13.2 Å². The van der Waals surface area contributed by atoms with Crippen LogP contribution in [0.25, 0.3) is 0 Å². The number of sulfone groups is 1. The third-order valence-corrected chi connectivity index (χ3v) is 7.66. The summed E-state index contributed by atoms with van der Waals surface area (Å²) in [6, 6.07) is 3.32. The van der Waals surface area contributed by atoms with E-state index in [4.69, 9.17) is 4.52 Å². The van der Waals surface area contributed by atoms with Crippen molar-refractivity contribution in [2.75, 3.05) is 6.26 Å². The van der Waals surface area contributed by atoms with E-state index in [1.807, 2.05) is 0 Å². The van der Waals surface area contributed by atoms with Gasteiger partial charge in [-0.15, -0.1) is 0 Å². The molecule has 0 saturated heterocycles. The van der Waals surface area contributed by atoms with Crippen LogP contribution in [0.2, 0.25) is 0 Å². The Kier molecular flexibility index (Phi) is 5.20. The third-order valence-electron chi connectivity index (χ3n) is 4.95. The molecule has 1 unspecified atom stereocenters. The molecule has 0 spiro atoms. The maximum atomic E-state index is 13.0. The monoisotopic (exact) mass is 455 g/mol. The molecule has 1 saturated carbocycles. The lowest BCUT2D eigenvalue weighted by Gasteiger charge is -2.40. The second-order valence-corrected chi connectivity index (χ2v) is 10.3. The van der Waals surface area contributed by atoms with E-state index >= 15 is 0 Å². The number of benzene rings is 1. The number of hydrogen-bond acceptors (Lipinski definition) is 6. The standard InChI is InChI=1S/C15H17F3N3O6PS/c1-29(25,26)13(6-7-13)14(27-28(22,23)24,8-21-10-19-9-20-21)11-2-4-12(5-3-11)15(16,17)18/h2-5,9-10H,6-8H2,1H3,(H2,22,23,24). The van der Waals surface area contributed by atoms with Crippen LogP contribution in [0.5, 0.6) is 0 Å². The van der Waals surface area contributed by atoms with Crippen molar-refractivity contribution in [1.82, 2.24) is 14.8 Å². The second-order valence-electron chi connectivity index (χ2n) is 6.84. The van der Waals surface area contributed by atoms with Gasteiger partial charge in [-0.3, -0.25) is 4.52 Å². The average Bonchev–Trinajstić information content (AvgIpc) is 3.26. The zero-order chi connectivity index (χ0) is 21.7. The summed E-state index contributed by atoms with van der Waals surface area (Å²) in [7, 11) is -9.25. The van der Waals surface area contributed by atoms with Gasteiger partial charge in [0.25, 0.3) is 0 Å². The fourth-order valence-corrected chi connectivity index (χ4v) is 6.00. The smallest absolute Gasteiger partial charge is 0.303 e. The summed E-state index contributed by atoms with van der Waals surface area (Å²) < 4.78 is 80.4. The number of alkyl halides is 3. The Morgan fingerprint density at radius 1 is 1.21 bits per heavy atom. The number of hydrogen-bond donors (Lipinski definition) is 2. The Hall–Kier alpha value is -1.79. The summed E-state index contributed by atoms with van der Waals surface area (Å²) in [4.78, 5) is 22.8. The second kappa shape index (κ2) is 6.88. The van der Waals surface area contributed by atoms with Gasteiger partial charge in [-0.1, -0.05) is 12.1 Å². The summed E-state index contributed by atoms with van der Waals surface area (Å²) in [6.07, 6.45) is -1.45. The molecule has 1 fully saturated rings. The molecule has 14 heteroatoms. The van der Waals surface area contributed by atoms with Crippen LogP contribution in [0.3, 0.4) is 0 Å². The molecule has 1 atom stereocenters. The largest absolute Gasteiger partial charge is 0.470 e. The average molecular weight is 455 g/mol. The van der Waals surface area contributed by atoms with Crippen molar-refractivity contribution in [2.24, 2.45) is 0 Å². The lowest BCUT2D eigenvalue weighted by Crippen LogP contribution is -2.51. The minimum atomic E-state index is -5.29. The molecule has 0 radical (unpaired) electrons. The topological polar surface area (TPSA) is 132 Å². The molecule has 3 rings (SSSR count). The fraction of sp³-hybridized carbons (Fsp3) is 0.467. The molecule has 1 heterocycles. The highest BCUT2D eigenvalue weighted by molar-refractivity contribution is 7.92. The van der Waals surface area contributed by atoms with E-state index in [1.54, 1.807) is 0 Å². The van der Waals surface area contributed by atoms with Crippen molar-refractivity contribution in [3.63, 3.8) is 0 Å². The van der Waals surface area contributed by atoms with Crippen LogP contribution in [-0.2, 0) is 37.2 Å². The van der Waals surface area contributed by atoms with Crippen LogP contribution in [-0.4, -0.2) is 44.0 Å². The van der Waals surface area contributed by atoms with E-state index in [9.17, 15) is 35.9 Å². The van der Waals surface area contributed by atoms with Gasteiger partial charge in [0, 0.05) is 6.26 Å². The van der Waals surface area contributed by atoms with Gasteiger partial charge >= 0.3 is 14.0 Å². The first-order chi connectivity index (χ1) is 13.2. The minimum Gasteiger partial charge on any atom is -0.303 e. The number of nitrogens with zero attached hydrogens (tertiary/aromatic N) is 3. The zero-order valence-electron chi connectivity index (χ0n) is 14.9. The Morgan fingerprint density at radius 3 is 2.14 bits per heavy atom. The number of aromatic nitrogens is 3. The Bertz CT molecular complexity index is 1030. The van der Waals surface area contributed by atoms with Crippen molar-refractivity contribution in [1.29, 1.82) is 0 Å². The molecule has 1 aromatic carbocycles. The van der Waals surface area contributed by atoms with Gasteiger partial charge in [-0.05, 0) is 30.5 Å². The van der Waals surface area contributed by atoms with Gasteiger partial charge in [-0.25, -0.2) is 22.6 Å². The zero-order valence-corrected chi connectivity index (χ0v) is 16.7. The lowest BCUT2D eigenvalue weighted by atomic mass is 9.87. The summed E-state index contributed by atoms with van der Waals surface area (Å²) in [5.74, 6) is 0. The van der Waals surface area contributed by atoms with Gasteiger partial charge in [-0.2, -0.15) is 18.3 Å². The number of halogens is 3. The van der Waals surface area contributed by atoms with Gasteiger partial charge < -0.3 is 9.79 Å². The number of phosphoric acid groups is 1. The molecule has 2 N–H and O–H groups in total. The summed E-state index contributed by atoms with van der Waals surface area (Å²) in [5, 5.41) is 3.83. The van der Waals surface area contributed by atoms with Crippen LogP contribution in [0.1, 0.15) is 24.0 Å².